The first kappa shape index (κ1) is 12.3. The lowest BCUT2D eigenvalue weighted by atomic mass is 10.1. The number of carbonyl (C=O) groups excluding carboxylic acids is 1. The molecule has 1 aliphatic rings. The van der Waals surface area contributed by atoms with E-state index >= 15 is 0 Å². The van der Waals surface area contributed by atoms with E-state index in [9.17, 15) is 9.59 Å². The Morgan fingerprint density at radius 3 is 2.94 bits per heavy atom. The molecule has 92 valence electrons. The van der Waals surface area contributed by atoms with Gasteiger partial charge in [-0.3, -0.25) is 9.59 Å². The second-order valence-electron chi connectivity index (χ2n) is 4.32. The number of anilines is 1. The third-order valence-corrected chi connectivity index (χ3v) is 3.43. The van der Waals surface area contributed by atoms with Crippen molar-refractivity contribution in [2.24, 2.45) is 11.7 Å². The highest BCUT2D eigenvalue weighted by atomic mass is 79.9. The van der Waals surface area contributed by atoms with Gasteiger partial charge in [-0.25, -0.2) is 0 Å². The molecule has 2 rings (SSSR count). The van der Waals surface area contributed by atoms with Gasteiger partial charge in [0.1, 0.15) is 5.69 Å². The van der Waals surface area contributed by atoms with Gasteiger partial charge in [-0.2, -0.15) is 0 Å². The molecule has 17 heavy (non-hydrogen) atoms. The molecule has 1 amide bonds. The van der Waals surface area contributed by atoms with Crippen LogP contribution in [0, 0.1) is 5.92 Å². The number of H-pyrrole nitrogens is 1. The zero-order chi connectivity index (χ0) is 12.4. The molecule has 5 nitrogen and oxygen atoms in total. The highest BCUT2D eigenvalue weighted by Gasteiger charge is 2.28. The Hall–Kier alpha value is -1.14. The van der Waals surface area contributed by atoms with E-state index in [0.29, 0.717) is 6.42 Å². The smallest absolute Gasteiger partial charge is 0.271 e. The van der Waals surface area contributed by atoms with E-state index in [1.807, 2.05) is 0 Å². The zero-order valence-corrected chi connectivity index (χ0v) is 10.8. The van der Waals surface area contributed by atoms with Gasteiger partial charge in [0, 0.05) is 22.6 Å². The molecule has 6 heteroatoms. The Morgan fingerprint density at radius 1 is 1.53 bits per heavy atom. The van der Waals surface area contributed by atoms with Crippen LogP contribution >= 0.6 is 15.9 Å². The highest BCUT2D eigenvalue weighted by molar-refractivity contribution is 9.10. The summed E-state index contributed by atoms with van der Waals surface area (Å²) < 4.78 is 0.718. The Labute approximate surface area is 107 Å². The molecule has 0 aromatic carbocycles. The van der Waals surface area contributed by atoms with Gasteiger partial charge in [-0.15, -0.1) is 0 Å². The van der Waals surface area contributed by atoms with E-state index in [1.54, 1.807) is 6.07 Å². The first-order valence-electron chi connectivity index (χ1n) is 5.51. The van der Waals surface area contributed by atoms with Crippen LogP contribution in [0.5, 0.6) is 0 Å². The fourth-order valence-electron chi connectivity index (χ4n) is 2.04. The molecule has 0 saturated heterocycles. The zero-order valence-electron chi connectivity index (χ0n) is 9.20. The maximum absolute atomic E-state index is 11.9. The number of nitrogens with two attached hydrogens (primary N) is 1. The number of hydrogen-bond donors (Lipinski definition) is 3. The van der Waals surface area contributed by atoms with Crippen LogP contribution in [0.1, 0.15) is 19.3 Å². The van der Waals surface area contributed by atoms with Crippen LogP contribution in [0.25, 0.3) is 0 Å². The molecule has 1 aromatic rings. The number of hydrogen-bond acceptors (Lipinski definition) is 3. The third-order valence-electron chi connectivity index (χ3n) is 2.97. The van der Waals surface area contributed by atoms with Crippen molar-refractivity contribution < 1.29 is 4.79 Å². The number of rotatable bonds is 2. The minimum Gasteiger partial charge on any atom is -0.328 e. The predicted octanol–water partition coefficient (Wildman–Crippen LogP) is 1.20. The topological polar surface area (TPSA) is 88.0 Å². The molecule has 2 unspecified atom stereocenters. The average molecular weight is 300 g/mol. The molecule has 1 fully saturated rings. The summed E-state index contributed by atoms with van der Waals surface area (Å²) in [5, 5.41) is 2.65. The van der Waals surface area contributed by atoms with Crippen LogP contribution in [-0.4, -0.2) is 16.9 Å². The number of aromatic nitrogens is 1. The second-order valence-corrected chi connectivity index (χ2v) is 5.24. The number of carbonyl (C=O) groups is 1. The summed E-state index contributed by atoms with van der Waals surface area (Å²) in [6, 6.07) is 1.69. The first-order chi connectivity index (χ1) is 8.06. The first-order valence-corrected chi connectivity index (χ1v) is 6.30. The number of halogens is 1. The fourth-order valence-corrected chi connectivity index (χ4v) is 2.38. The molecule has 0 radical (unpaired) electrons. The lowest BCUT2D eigenvalue weighted by molar-refractivity contribution is -0.119. The molecule has 1 aromatic heterocycles. The van der Waals surface area contributed by atoms with Crippen molar-refractivity contribution >= 4 is 27.5 Å². The third kappa shape index (κ3) is 2.95. The standard InChI is InChI=1S/C11H14BrN3O2/c12-7-4-9(11(17)14-5-7)15-10(16)6-1-2-8(13)3-6/h4-6,8H,1-3,13H2,(H,14,17)(H,15,16). The van der Waals surface area contributed by atoms with Crippen LogP contribution in [0.3, 0.4) is 0 Å². The fraction of sp³-hybridized carbons (Fsp3) is 0.455. The Balaban J connectivity index is 2.08. The summed E-state index contributed by atoms with van der Waals surface area (Å²) >= 11 is 3.24. The van der Waals surface area contributed by atoms with Gasteiger partial charge in [0.05, 0.1) is 0 Å². The summed E-state index contributed by atoms with van der Waals surface area (Å²) in [7, 11) is 0. The molecule has 0 aliphatic heterocycles. The number of amides is 1. The number of aromatic amines is 1. The Kier molecular flexibility index (Phi) is 3.63. The summed E-state index contributed by atoms with van der Waals surface area (Å²) in [5.41, 5.74) is 5.72. The minimum absolute atomic E-state index is 0.0802. The van der Waals surface area contributed by atoms with E-state index < -0.39 is 0 Å². The van der Waals surface area contributed by atoms with Crippen LogP contribution < -0.4 is 16.6 Å². The van der Waals surface area contributed by atoms with Crippen LogP contribution in [-0.2, 0) is 4.79 Å². The van der Waals surface area contributed by atoms with Gasteiger partial charge in [-0.1, -0.05) is 0 Å². The minimum atomic E-state index is -0.302. The monoisotopic (exact) mass is 299 g/mol. The molecule has 0 bridgehead atoms. The Morgan fingerprint density at radius 2 is 2.29 bits per heavy atom. The van der Waals surface area contributed by atoms with Crippen molar-refractivity contribution in [3.05, 3.63) is 27.1 Å². The SMILES string of the molecule is NC1CCC(C(=O)Nc2cc(Br)c[nH]c2=O)C1. The van der Waals surface area contributed by atoms with Gasteiger partial charge in [0.25, 0.3) is 5.56 Å². The van der Waals surface area contributed by atoms with E-state index in [4.69, 9.17) is 5.73 Å². The maximum Gasteiger partial charge on any atom is 0.271 e. The number of nitrogens with one attached hydrogen (secondary N) is 2. The lowest BCUT2D eigenvalue weighted by Gasteiger charge is -2.10. The van der Waals surface area contributed by atoms with Gasteiger partial charge in [-0.05, 0) is 41.3 Å². The van der Waals surface area contributed by atoms with E-state index in [2.05, 4.69) is 26.2 Å². The molecular formula is C11H14BrN3O2. The van der Waals surface area contributed by atoms with E-state index in [0.717, 1.165) is 17.3 Å². The molecule has 0 spiro atoms. The average Bonchev–Trinajstić information content (AvgIpc) is 2.70. The van der Waals surface area contributed by atoms with Crippen LogP contribution in [0.4, 0.5) is 5.69 Å². The van der Waals surface area contributed by atoms with Crippen molar-refractivity contribution in [1.29, 1.82) is 0 Å². The van der Waals surface area contributed by atoms with Gasteiger partial charge in [0.15, 0.2) is 0 Å². The van der Waals surface area contributed by atoms with Crippen molar-refractivity contribution in [3.8, 4) is 0 Å². The molecule has 1 aliphatic carbocycles. The van der Waals surface area contributed by atoms with Gasteiger partial charge < -0.3 is 16.0 Å². The van der Waals surface area contributed by atoms with Gasteiger partial charge in [0.2, 0.25) is 5.91 Å². The quantitative estimate of drug-likeness (QED) is 0.767. The van der Waals surface area contributed by atoms with Crippen LogP contribution in [0.2, 0.25) is 0 Å². The number of pyridine rings is 1. The summed E-state index contributed by atoms with van der Waals surface area (Å²) in [4.78, 5) is 25.9. The van der Waals surface area contributed by atoms with Crippen molar-refractivity contribution in [1.82, 2.24) is 4.98 Å². The molecule has 1 heterocycles. The highest BCUT2D eigenvalue weighted by Crippen LogP contribution is 2.25. The maximum atomic E-state index is 11.9. The molecule has 2 atom stereocenters. The molecule has 4 N–H and O–H groups in total. The lowest BCUT2D eigenvalue weighted by Crippen LogP contribution is -2.26. The van der Waals surface area contributed by atoms with Crippen molar-refractivity contribution in [2.75, 3.05) is 5.32 Å². The second kappa shape index (κ2) is 5.01. The molecule has 1 saturated carbocycles. The normalized spacial score (nSPS) is 23.6. The summed E-state index contributed by atoms with van der Waals surface area (Å²) in [6.45, 7) is 0. The molecular weight excluding hydrogens is 286 g/mol. The van der Waals surface area contributed by atoms with E-state index in [-0.39, 0.29) is 29.1 Å². The van der Waals surface area contributed by atoms with Crippen molar-refractivity contribution in [2.45, 2.75) is 25.3 Å². The van der Waals surface area contributed by atoms with Crippen molar-refractivity contribution in [3.63, 3.8) is 0 Å². The van der Waals surface area contributed by atoms with Gasteiger partial charge >= 0.3 is 0 Å². The van der Waals surface area contributed by atoms with Crippen LogP contribution in [0.15, 0.2) is 21.5 Å². The summed E-state index contributed by atoms with van der Waals surface area (Å²) in [6.07, 6.45) is 3.88. The predicted molar refractivity (Wildman–Crippen MR) is 68.7 cm³/mol. The largest absolute Gasteiger partial charge is 0.328 e. The Bertz CT molecular complexity index is 486. The summed E-state index contributed by atoms with van der Waals surface area (Å²) in [5.74, 6) is -0.204. The van der Waals surface area contributed by atoms with E-state index in [1.165, 1.54) is 6.20 Å².